The van der Waals surface area contributed by atoms with E-state index in [4.69, 9.17) is 4.74 Å². The lowest BCUT2D eigenvalue weighted by atomic mass is 10.2. The summed E-state index contributed by atoms with van der Waals surface area (Å²) < 4.78 is 35.1. The van der Waals surface area contributed by atoms with Gasteiger partial charge in [0.15, 0.2) is 5.96 Å². The number of nitrogens with one attached hydrogen (secondary N) is 2. The molecule has 0 saturated carbocycles. The van der Waals surface area contributed by atoms with Crippen molar-refractivity contribution in [3.63, 3.8) is 0 Å². The Bertz CT molecular complexity index is 834. The van der Waals surface area contributed by atoms with Crippen LogP contribution in [0.4, 0.5) is 14.5 Å². The molecule has 2 aromatic rings. The molecule has 0 spiro atoms. The minimum Gasteiger partial charge on any atom is -0.481 e. The molecule has 0 bridgehead atoms. The zero-order valence-corrected chi connectivity index (χ0v) is 16.4. The van der Waals surface area contributed by atoms with Crippen LogP contribution in [0.15, 0.2) is 47.6 Å². The standard InChI is InChI=1S/C20H25F2N5O2/c1-23-20(25-12-14-7-9-24-18(11-14)28-2)26-15-8-10-27(13-15)16-5-3-4-6-17(16)29-19(21)22/h3-7,9,11,15,19H,8,10,12-13H2,1-2H3,(H2,23,25,26). The molecule has 1 unspecified atom stereocenters. The molecule has 1 saturated heterocycles. The Morgan fingerprint density at radius 1 is 1.34 bits per heavy atom. The van der Waals surface area contributed by atoms with E-state index in [0.717, 1.165) is 18.5 Å². The van der Waals surface area contributed by atoms with Crippen molar-refractivity contribution >= 4 is 11.6 Å². The molecule has 3 rings (SSSR count). The molecular formula is C20H25F2N5O2. The monoisotopic (exact) mass is 405 g/mol. The van der Waals surface area contributed by atoms with Crippen molar-refractivity contribution in [1.82, 2.24) is 15.6 Å². The highest BCUT2D eigenvalue weighted by Crippen LogP contribution is 2.31. The largest absolute Gasteiger partial charge is 0.481 e. The summed E-state index contributed by atoms with van der Waals surface area (Å²) >= 11 is 0. The van der Waals surface area contributed by atoms with Gasteiger partial charge in [-0.1, -0.05) is 12.1 Å². The van der Waals surface area contributed by atoms with Crippen molar-refractivity contribution < 1.29 is 18.3 Å². The molecule has 0 aliphatic carbocycles. The Hall–Kier alpha value is -3.10. The van der Waals surface area contributed by atoms with Gasteiger partial charge in [0.1, 0.15) is 5.75 Å². The van der Waals surface area contributed by atoms with Gasteiger partial charge in [-0.15, -0.1) is 0 Å². The number of para-hydroxylation sites is 2. The molecule has 156 valence electrons. The molecule has 29 heavy (non-hydrogen) atoms. The van der Waals surface area contributed by atoms with Crippen LogP contribution in [0.3, 0.4) is 0 Å². The van der Waals surface area contributed by atoms with E-state index in [-0.39, 0.29) is 11.8 Å². The summed E-state index contributed by atoms with van der Waals surface area (Å²) in [7, 11) is 3.29. The SMILES string of the molecule is CN=C(NCc1ccnc(OC)c1)NC1CCN(c2ccccc2OC(F)F)C1. The number of aliphatic imine (C=N–C) groups is 1. The first-order chi connectivity index (χ1) is 14.1. The Balaban J connectivity index is 1.56. The maximum Gasteiger partial charge on any atom is 0.387 e. The first kappa shape index (κ1) is 20.6. The Labute approximate surface area is 168 Å². The highest BCUT2D eigenvalue weighted by molar-refractivity contribution is 5.80. The molecule has 2 N–H and O–H groups in total. The second kappa shape index (κ2) is 9.90. The van der Waals surface area contributed by atoms with E-state index in [1.807, 2.05) is 23.1 Å². The second-order valence-corrected chi connectivity index (χ2v) is 6.55. The number of pyridine rings is 1. The number of aromatic nitrogens is 1. The number of anilines is 1. The minimum absolute atomic E-state index is 0.132. The van der Waals surface area contributed by atoms with Crippen LogP contribution >= 0.6 is 0 Å². The summed E-state index contributed by atoms with van der Waals surface area (Å²) in [5, 5.41) is 6.66. The first-order valence-corrected chi connectivity index (χ1v) is 9.34. The number of ether oxygens (including phenoxy) is 2. The summed E-state index contributed by atoms with van der Waals surface area (Å²) in [5.74, 6) is 1.42. The van der Waals surface area contributed by atoms with E-state index in [2.05, 4.69) is 25.3 Å². The number of rotatable bonds is 7. The highest BCUT2D eigenvalue weighted by Gasteiger charge is 2.26. The molecule has 0 radical (unpaired) electrons. The molecule has 1 aliphatic rings. The molecule has 1 atom stereocenters. The van der Waals surface area contributed by atoms with Crippen molar-refractivity contribution in [3.8, 4) is 11.6 Å². The quantitative estimate of drug-likeness (QED) is 0.545. The average molecular weight is 405 g/mol. The molecule has 1 aliphatic heterocycles. The highest BCUT2D eigenvalue weighted by atomic mass is 19.3. The summed E-state index contributed by atoms with van der Waals surface area (Å²) in [6, 6.07) is 10.8. The fraction of sp³-hybridized carbons (Fsp3) is 0.400. The van der Waals surface area contributed by atoms with Gasteiger partial charge in [-0.05, 0) is 30.2 Å². The number of benzene rings is 1. The van der Waals surface area contributed by atoms with Crippen molar-refractivity contribution in [3.05, 3.63) is 48.2 Å². The third-order valence-corrected chi connectivity index (χ3v) is 4.64. The van der Waals surface area contributed by atoms with Gasteiger partial charge in [0.2, 0.25) is 5.88 Å². The summed E-state index contributed by atoms with van der Waals surface area (Å²) in [6.45, 7) is -0.879. The number of hydrogen-bond acceptors (Lipinski definition) is 5. The van der Waals surface area contributed by atoms with Crippen LogP contribution in [0.25, 0.3) is 0 Å². The first-order valence-electron chi connectivity index (χ1n) is 9.34. The maximum atomic E-state index is 12.7. The van der Waals surface area contributed by atoms with Gasteiger partial charge in [-0.3, -0.25) is 4.99 Å². The van der Waals surface area contributed by atoms with Gasteiger partial charge in [0, 0.05) is 45.0 Å². The van der Waals surface area contributed by atoms with Crippen LogP contribution in [0.2, 0.25) is 0 Å². The van der Waals surface area contributed by atoms with Crippen LogP contribution in [0, 0.1) is 0 Å². The Kier molecular flexibility index (Phi) is 7.04. The van der Waals surface area contributed by atoms with Crippen molar-refractivity contribution in [2.75, 3.05) is 32.1 Å². The molecule has 1 aromatic carbocycles. The number of hydrogen-bond donors (Lipinski definition) is 2. The van der Waals surface area contributed by atoms with E-state index in [1.165, 1.54) is 0 Å². The summed E-state index contributed by atoms with van der Waals surface area (Å²) in [6.07, 6.45) is 2.55. The Morgan fingerprint density at radius 2 is 2.17 bits per heavy atom. The van der Waals surface area contributed by atoms with E-state index in [0.29, 0.717) is 30.6 Å². The zero-order chi connectivity index (χ0) is 20.6. The van der Waals surface area contributed by atoms with Gasteiger partial charge in [0.05, 0.1) is 12.8 Å². The fourth-order valence-electron chi connectivity index (χ4n) is 3.26. The van der Waals surface area contributed by atoms with Crippen LogP contribution in [0.1, 0.15) is 12.0 Å². The molecule has 9 heteroatoms. The van der Waals surface area contributed by atoms with E-state index in [1.54, 1.807) is 38.6 Å². The van der Waals surface area contributed by atoms with Gasteiger partial charge in [-0.25, -0.2) is 4.98 Å². The number of nitrogens with zero attached hydrogens (tertiary/aromatic N) is 3. The van der Waals surface area contributed by atoms with Crippen molar-refractivity contribution in [1.29, 1.82) is 0 Å². The lowest BCUT2D eigenvalue weighted by Gasteiger charge is -2.22. The van der Waals surface area contributed by atoms with Crippen LogP contribution in [-0.2, 0) is 6.54 Å². The lowest BCUT2D eigenvalue weighted by molar-refractivity contribution is -0.0495. The van der Waals surface area contributed by atoms with Crippen molar-refractivity contribution in [2.24, 2.45) is 4.99 Å². The minimum atomic E-state index is -2.84. The van der Waals surface area contributed by atoms with E-state index in [9.17, 15) is 8.78 Å². The van der Waals surface area contributed by atoms with Gasteiger partial charge < -0.3 is 25.0 Å². The molecule has 0 amide bonds. The predicted molar refractivity (Wildman–Crippen MR) is 108 cm³/mol. The third kappa shape index (κ3) is 5.69. The zero-order valence-electron chi connectivity index (χ0n) is 16.4. The van der Waals surface area contributed by atoms with E-state index >= 15 is 0 Å². The van der Waals surface area contributed by atoms with Crippen LogP contribution in [0.5, 0.6) is 11.6 Å². The number of guanidine groups is 1. The fourth-order valence-corrected chi connectivity index (χ4v) is 3.26. The normalized spacial score (nSPS) is 16.8. The Morgan fingerprint density at radius 3 is 2.93 bits per heavy atom. The number of methoxy groups -OCH3 is 1. The average Bonchev–Trinajstić information content (AvgIpc) is 3.19. The lowest BCUT2D eigenvalue weighted by Crippen LogP contribution is -2.44. The van der Waals surface area contributed by atoms with Crippen LogP contribution < -0.4 is 25.0 Å². The number of alkyl halides is 2. The molecule has 2 heterocycles. The number of halogens is 2. The van der Waals surface area contributed by atoms with E-state index < -0.39 is 6.61 Å². The summed E-state index contributed by atoms with van der Waals surface area (Å²) in [4.78, 5) is 10.4. The van der Waals surface area contributed by atoms with Gasteiger partial charge in [-0.2, -0.15) is 8.78 Å². The van der Waals surface area contributed by atoms with Gasteiger partial charge in [0.25, 0.3) is 0 Å². The second-order valence-electron chi connectivity index (χ2n) is 6.55. The smallest absolute Gasteiger partial charge is 0.387 e. The predicted octanol–water partition coefficient (Wildman–Crippen LogP) is 2.64. The van der Waals surface area contributed by atoms with Gasteiger partial charge >= 0.3 is 6.61 Å². The molecular weight excluding hydrogens is 380 g/mol. The molecule has 7 nitrogen and oxygen atoms in total. The maximum absolute atomic E-state index is 12.7. The van der Waals surface area contributed by atoms with Crippen LogP contribution in [-0.4, -0.2) is 50.8 Å². The molecule has 1 aromatic heterocycles. The summed E-state index contributed by atoms with van der Waals surface area (Å²) in [5.41, 5.74) is 1.69. The van der Waals surface area contributed by atoms with Crippen molar-refractivity contribution in [2.45, 2.75) is 25.6 Å². The molecule has 1 fully saturated rings. The third-order valence-electron chi connectivity index (χ3n) is 4.64. The topological polar surface area (TPSA) is 71.0 Å².